The summed E-state index contributed by atoms with van der Waals surface area (Å²) in [6.45, 7) is 0.387. The van der Waals surface area contributed by atoms with Gasteiger partial charge in [-0.3, -0.25) is 10.1 Å². The van der Waals surface area contributed by atoms with Gasteiger partial charge in [0, 0.05) is 23.2 Å². The van der Waals surface area contributed by atoms with Crippen molar-refractivity contribution in [1.82, 2.24) is 0 Å². The van der Waals surface area contributed by atoms with Crippen LogP contribution < -0.4 is 10.5 Å². The molecule has 0 aliphatic carbocycles. The average Bonchev–Trinajstić information content (AvgIpc) is 2.38. The van der Waals surface area contributed by atoms with Crippen molar-refractivity contribution in [2.75, 3.05) is 0 Å². The lowest BCUT2D eigenvalue weighted by Gasteiger charge is -2.07. The number of ether oxygens (including phenoxy) is 1. The molecule has 0 radical (unpaired) electrons. The quantitative estimate of drug-likeness (QED) is 0.689. The monoisotopic (exact) mass is 322 g/mol. The van der Waals surface area contributed by atoms with E-state index in [1.54, 1.807) is 30.3 Å². The highest BCUT2D eigenvalue weighted by Gasteiger charge is 2.16. The molecule has 0 heterocycles. The standard InChI is InChI=1S/C13H11BrN2O3/c14-10-4-5-12(16(17)18)13(7-10)19-11-3-1-2-9(6-11)8-15/h1-7H,8,15H2. The Kier molecular flexibility index (Phi) is 4.13. The maximum Gasteiger partial charge on any atom is 0.311 e. The minimum atomic E-state index is -0.478. The molecule has 2 rings (SSSR count). The Labute approximate surface area is 118 Å². The van der Waals surface area contributed by atoms with Gasteiger partial charge in [0.2, 0.25) is 5.75 Å². The molecule has 0 unspecified atom stereocenters. The summed E-state index contributed by atoms with van der Waals surface area (Å²) in [5.74, 6) is 0.706. The minimum absolute atomic E-state index is 0.0821. The number of nitro groups is 1. The van der Waals surface area contributed by atoms with Gasteiger partial charge in [-0.05, 0) is 23.8 Å². The summed E-state index contributed by atoms with van der Waals surface area (Å²) in [5, 5.41) is 10.9. The van der Waals surface area contributed by atoms with Gasteiger partial charge >= 0.3 is 5.69 Å². The highest BCUT2D eigenvalue weighted by Crippen LogP contribution is 2.33. The van der Waals surface area contributed by atoms with Gasteiger partial charge < -0.3 is 10.5 Å². The molecule has 2 aromatic carbocycles. The molecule has 0 saturated heterocycles. The van der Waals surface area contributed by atoms with Gasteiger partial charge in [0.25, 0.3) is 0 Å². The van der Waals surface area contributed by atoms with E-state index in [-0.39, 0.29) is 11.4 Å². The number of hydrogen-bond acceptors (Lipinski definition) is 4. The molecular weight excluding hydrogens is 312 g/mol. The van der Waals surface area contributed by atoms with Gasteiger partial charge in [-0.2, -0.15) is 0 Å². The van der Waals surface area contributed by atoms with E-state index < -0.39 is 4.92 Å². The largest absolute Gasteiger partial charge is 0.450 e. The Hall–Kier alpha value is -1.92. The van der Waals surface area contributed by atoms with Crippen LogP contribution >= 0.6 is 15.9 Å². The average molecular weight is 323 g/mol. The molecule has 0 saturated carbocycles. The normalized spacial score (nSPS) is 10.2. The molecule has 0 amide bonds. The van der Waals surface area contributed by atoms with Crippen LogP contribution in [0.15, 0.2) is 46.9 Å². The lowest BCUT2D eigenvalue weighted by Crippen LogP contribution is -1.97. The maximum absolute atomic E-state index is 10.9. The van der Waals surface area contributed by atoms with Crippen molar-refractivity contribution >= 4 is 21.6 Å². The van der Waals surface area contributed by atoms with Crippen LogP contribution in [0.25, 0.3) is 0 Å². The second-order valence-electron chi connectivity index (χ2n) is 3.82. The lowest BCUT2D eigenvalue weighted by molar-refractivity contribution is -0.385. The fraction of sp³-hybridized carbons (Fsp3) is 0.0769. The SMILES string of the molecule is NCc1cccc(Oc2cc(Br)ccc2[N+](=O)[O-])c1. The molecule has 0 fully saturated rings. The zero-order chi connectivity index (χ0) is 13.8. The number of nitrogens with two attached hydrogens (primary N) is 1. The summed E-state index contributed by atoms with van der Waals surface area (Å²) in [6.07, 6.45) is 0. The fourth-order valence-corrected chi connectivity index (χ4v) is 1.92. The van der Waals surface area contributed by atoms with E-state index in [0.29, 0.717) is 16.8 Å². The van der Waals surface area contributed by atoms with Crippen molar-refractivity contribution in [2.45, 2.75) is 6.54 Å². The summed E-state index contributed by atoms with van der Waals surface area (Å²) in [5.41, 5.74) is 6.36. The molecule has 19 heavy (non-hydrogen) atoms. The Morgan fingerprint density at radius 1 is 1.26 bits per heavy atom. The Morgan fingerprint density at radius 2 is 2.05 bits per heavy atom. The van der Waals surface area contributed by atoms with Gasteiger partial charge in [-0.15, -0.1) is 0 Å². The predicted octanol–water partition coefficient (Wildman–Crippen LogP) is 3.61. The number of hydrogen-bond donors (Lipinski definition) is 1. The third kappa shape index (κ3) is 3.30. The van der Waals surface area contributed by atoms with Crippen molar-refractivity contribution in [3.63, 3.8) is 0 Å². The lowest BCUT2D eigenvalue weighted by atomic mass is 10.2. The highest BCUT2D eigenvalue weighted by atomic mass is 79.9. The van der Waals surface area contributed by atoms with Crippen LogP contribution in [0.1, 0.15) is 5.56 Å². The topological polar surface area (TPSA) is 78.4 Å². The van der Waals surface area contributed by atoms with E-state index >= 15 is 0 Å². The van der Waals surface area contributed by atoms with E-state index in [2.05, 4.69) is 15.9 Å². The molecule has 0 aliphatic rings. The first-order valence-corrected chi connectivity index (χ1v) is 6.30. The van der Waals surface area contributed by atoms with Gasteiger partial charge in [0.1, 0.15) is 5.75 Å². The second kappa shape index (κ2) is 5.81. The third-order valence-electron chi connectivity index (χ3n) is 2.48. The summed E-state index contributed by atoms with van der Waals surface area (Å²) in [7, 11) is 0. The van der Waals surface area contributed by atoms with Gasteiger partial charge in [-0.1, -0.05) is 28.1 Å². The molecule has 2 aromatic rings. The molecule has 0 aromatic heterocycles. The van der Waals surface area contributed by atoms with E-state index in [1.165, 1.54) is 6.07 Å². The van der Waals surface area contributed by atoms with Gasteiger partial charge in [-0.25, -0.2) is 0 Å². The first-order valence-electron chi connectivity index (χ1n) is 5.51. The molecule has 0 atom stereocenters. The molecule has 5 nitrogen and oxygen atoms in total. The van der Waals surface area contributed by atoms with Crippen LogP contribution in [-0.2, 0) is 6.54 Å². The van der Waals surface area contributed by atoms with E-state index in [1.807, 2.05) is 6.07 Å². The molecule has 0 aliphatic heterocycles. The fourth-order valence-electron chi connectivity index (χ4n) is 1.58. The highest BCUT2D eigenvalue weighted by molar-refractivity contribution is 9.10. The predicted molar refractivity (Wildman–Crippen MR) is 75.2 cm³/mol. The number of rotatable bonds is 4. The summed E-state index contributed by atoms with van der Waals surface area (Å²) in [4.78, 5) is 10.5. The van der Waals surface area contributed by atoms with Crippen LogP contribution in [0.4, 0.5) is 5.69 Å². The van der Waals surface area contributed by atoms with Crippen molar-refractivity contribution in [3.05, 3.63) is 62.6 Å². The number of nitrogens with zero attached hydrogens (tertiary/aromatic N) is 1. The summed E-state index contributed by atoms with van der Waals surface area (Å²) < 4.78 is 6.28. The van der Waals surface area contributed by atoms with Crippen molar-refractivity contribution < 1.29 is 9.66 Å². The van der Waals surface area contributed by atoms with Crippen molar-refractivity contribution in [2.24, 2.45) is 5.73 Å². The Morgan fingerprint density at radius 3 is 2.74 bits per heavy atom. The summed E-state index contributed by atoms with van der Waals surface area (Å²) >= 11 is 3.26. The zero-order valence-electron chi connectivity index (χ0n) is 9.88. The van der Waals surface area contributed by atoms with E-state index in [0.717, 1.165) is 5.56 Å². The number of nitro benzene ring substituents is 1. The molecule has 2 N–H and O–H groups in total. The maximum atomic E-state index is 10.9. The van der Waals surface area contributed by atoms with Crippen molar-refractivity contribution in [3.8, 4) is 11.5 Å². The first kappa shape index (κ1) is 13.5. The zero-order valence-corrected chi connectivity index (χ0v) is 11.5. The molecule has 98 valence electrons. The third-order valence-corrected chi connectivity index (χ3v) is 2.97. The summed E-state index contributed by atoms with van der Waals surface area (Å²) in [6, 6.07) is 11.7. The van der Waals surface area contributed by atoms with Gasteiger partial charge in [0.05, 0.1) is 4.92 Å². The van der Waals surface area contributed by atoms with Crippen LogP contribution in [0, 0.1) is 10.1 Å². The first-order chi connectivity index (χ1) is 9.10. The van der Waals surface area contributed by atoms with Crippen LogP contribution in [0.3, 0.4) is 0 Å². The number of benzene rings is 2. The van der Waals surface area contributed by atoms with Crippen LogP contribution in [0.5, 0.6) is 11.5 Å². The van der Waals surface area contributed by atoms with Crippen molar-refractivity contribution in [1.29, 1.82) is 0 Å². The molecule has 6 heteroatoms. The molecular formula is C13H11BrN2O3. The van der Waals surface area contributed by atoms with E-state index in [4.69, 9.17) is 10.5 Å². The van der Waals surface area contributed by atoms with Crippen LogP contribution in [0.2, 0.25) is 0 Å². The van der Waals surface area contributed by atoms with Gasteiger partial charge in [0.15, 0.2) is 0 Å². The Bertz CT molecular complexity index is 617. The second-order valence-corrected chi connectivity index (χ2v) is 4.74. The van der Waals surface area contributed by atoms with Crippen LogP contribution in [-0.4, -0.2) is 4.92 Å². The number of halogens is 1. The minimum Gasteiger partial charge on any atom is -0.450 e. The molecule has 0 bridgehead atoms. The van der Waals surface area contributed by atoms with E-state index in [9.17, 15) is 10.1 Å². The Balaban J connectivity index is 2.36. The molecule has 0 spiro atoms. The smallest absolute Gasteiger partial charge is 0.311 e.